The van der Waals surface area contributed by atoms with Crippen LogP contribution in [0.1, 0.15) is 58.9 Å². The number of hydrogen-bond acceptors (Lipinski definition) is 3. The van der Waals surface area contributed by atoms with Crippen LogP contribution in [0.25, 0.3) is 5.70 Å². The lowest BCUT2D eigenvalue weighted by atomic mass is 9.56. The highest BCUT2D eigenvalue weighted by Gasteiger charge is 2.43. The molecule has 1 amide bonds. The Hall–Kier alpha value is -2.11. The third kappa shape index (κ3) is 5.39. The zero-order chi connectivity index (χ0) is 22.5. The summed E-state index contributed by atoms with van der Waals surface area (Å²) in [5, 5.41) is 8.18. The molecule has 6 heteroatoms. The first kappa shape index (κ1) is 23.6. The summed E-state index contributed by atoms with van der Waals surface area (Å²) in [5.74, 6) is 1.04. The van der Waals surface area contributed by atoms with E-state index >= 15 is 0 Å². The van der Waals surface area contributed by atoms with Crippen molar-refractivity contribution in [2.24, 2.45) is 39.8 Å². The first-order valence-corrected chi connectivity index (χ1v) is 11.6. The molecule has 3 rings (SSSR count). The first-order chi connectivity index (χ1) is 14.8. The van der Waals surface area contributed by atoms with Crippen LogP contribution in [0.5, 0.6) is 0 Å². The van der Waals surface area contributed by atoms with Crippen molar-refractivity contribution in [1.29, 1.82) is 0 Å². The van der Waals surface area contributed by atoms with E-state index < -0.39 is 11.6 Å². The fourth-order valence-electron chi connectivity index (χ4n) is 5.11. The van der Waals surface area contributed by atoms with Crippen molar-refractivity contribution in [3.8, 4) is 0 Å². The van der Waals surface area contributed by atoms with Gasteiger partial charge in [-0.25, -0.2) is 8.78 Å². The minimum Gasteiger partial charge on any atom is -0.342 e. The predicted octanol–water partition coefficient (Wildman–Crippen LogP) is 6.33. The summed E-state index contributed by atoms with van der Waals surface area (Å²) in [4.78, 5) is 14.5. The molecule has 1 saturated carbocycles. The summed E-state index contributed by atoms with van der Waals surface area (Å²) in [5.41, 5.74) is 0.164. The van der Waals surface area contributed by atoms with Gasteiger partial charge in [-0.1, -0.05) is 32.9 Å². The number of halogens is 2. The molecule has 4 unspecified atom stereocenters. The fraction of sp³-hybridized carbons (Fsp3) is 0.640. The van der Waals surface area contributed by atoms with Gasteiger partial charge in [0.05, 0.1) is 17.8 Å². The molecule has 2 fully saturated rings. The molecule has 170 valence electrons. The standard InChI is InChI=1S/C25H35F2N3O/c1-5-28-29-23(25-21(26)9-7-10-22(25)27)14-20-18(4)17(3)19(20)8-6-11-24(31)30-13-12-16(2)15-30/h7,9-10,14,16-20H,5-6,8,11-13,15H2,1-4H3/b23-14-,29-28?/t16?,17?,18?,19-,20?/m0/s1. The fourth-order valence-corrected chi connectivity index (χ4v) is 5.11. The second kappa shape index (κ2) is 10.5. The summed E-state index contributed by atoms with van der Waals surface area (Å²) >= 11 is 0. The van der Waals surface area contributed by atoms with Crippen molar-refractivity contribution >= 4 is 11.6 Å². The Balaban J connectivity index is 1.70. The number of allylic oxidation sites excluding steroid dienone is 1. The van der Waals surface area contributed by atoms with Crippen molar-refractivity contribution in [1.82, 2.24) is 4.90 Å². The zero-order valence-electron chi connectivity index (χ0n) is 19.2. The minimum atomic E-state index is -0.622. The lowest BCUT2D eigenvalue weighted by Crippen LogP contribution is -2.42. The molecule has 1 aromatic rings. The molecule has 1 saturated heterocycles. The minimum absolute atomic E-state index is 0.108. The third-order valence-corrected chi connectivity index (χ3v) is 7.20. The average Bonchev–Trinajstić information content (AvgIpc) is 3.19. The van der Waals surface area contributed by atoms with E-state index in [-0.39, 0.29) is 23.1 Å². The highest BCUT2D eigenvalue weighted by molar-refractivity contribution is 5.76. The second-order valence-electron chi connectivity index (χ2n) is 9.29. The molecule has 1 heterocycles. The zero-order valence-corrected chi connectivity index (χ0v) is 19.2. The van der Waals surface area contributed by atoms with E-state index in [2.05, 4.69) is 31.0 Å². The molecular formula is C25H35F2N3O. The van der Waals surface area contributed by atoms with Gasteiger partial charge in [0, 0.05) is 19.5 Å². The highest BCUT2D eigenvalue weighted by atomic mass is 19.1. The van der Waals surface area contributed by atoms with Crippen LogP contribution >= 0.6 is 0 Å². The smallest absolute Gasteiger partial charge is 0.222 e. The average molecular weight is 432 g/mol. The van der Waals surface area contributed by atoms with Crippen LogP contribution in [0, 0.1) is 41.2 Å². The quantitative estimate of drug-likeness (QED) is 0.443. The molecule has 2 aliphatic rings. The Labute approximate surface area is 184 Å². The molecule has 0 radical (unpaired) electrons. The maximum Gasteiger partial charge on any atom is 0.222 e. The van der Waals surface area contributed by atoms with E-state index in [1.807, 2.05) is 17.9 Å². The van der Waals surface area contributed by atoms with E-state index in [1.165, 1.54) is 18.2 Å². The van der Waals surface area contributed by atoms with Gasteiger partial charge in [-0.2, -0.15) is 10.2 Å². The van der Waals surface area contributed by atoms with Crippen LogP contribution in [-0.2, 0) is 4.79 Å². The summed E-state index contributed by atoms with van der Waals surface area (Å²) in [6.07, 6.45) is 5.35. The van der Waals surface area contributed by atoms with Crippen LogP contribution in [0.2, 0.25) is 0 Å². The van der Waals surface area contributed by atoms with E-state index in [9.17, 15) is 13.6 Å². The van der Waals surface area contributed by atoms with Crippen molar-refractivity contribution in [3.05, 3.63) is 41.5 Å². The molecule has 1 aromatic carbocycles. The Bertz CT molecular complexity index is 818. The lowest BCUT2D eigenvalue weighted by Gasteiger charge is -2.48. The number of rotatable bonds is 8. The molecule has 4 nitrogen and oxygen atoms in total. The number of amides is 1. The molecule has 0 aromatic heterocycles. The SMILES string of the molecule is CCN=N/C(=C\C1C(C)C(C)[C@@H]1CCCC(=O)N1CCC(C)C1)c1c(F)cccc1F. The monoisotopic (exact) mass is 431 g/mol. The summed E-state index contributed by atoms with van der Waals surface area (Å²) in [6.45, 7) is 10.6. The van der Waals surface area contributed by atoms with Crippen LogP contribution in [0.4, 0.5) is 8.78 Å². The van der Waals surface area contributed by atoms with Gasteiger partial charge < -0.3 is 4.90 Å². The van der Waals surface area contributed by atoms with Crippen molar-refractivity contribution in [2.75, 3.05) is 19.6 Å². The van der Waals surface area contributed by atoms with Crippen molar-refractivity contribution in [3.63, 3.8) is 0 Å². The van der Waals surface area contributed by atoms with Crippen LogP contribution in [0.3, 0.4) is 0 Å². The van der Waals surface area contributed by atoms with Gasteiger partial charge in [-0.05, 0) is 67.9 Å². The Morgan fingerprint density at radius 3 is 2.52 bits per heavy atom. The van der Waals surface area contributed by atoms with Gasteiger partial charge in [0.15, 0.2) is 0 Å². The van der Waals surface area contributed by atoms with E-state index in [1.54, 1.807) is 0 Å². The van der Waals surface area contributed by atoms with E-state index in [4.69, 9.17) is 0 Å². The number of benzene rings is 1. The van der Waals surface area contributed by atoms with Gasteiger partial charge in [-0.3, -0.25) is 4.79 Å². The number of likely N-dealkylation sites (tertiary alicyclic amines) is 1. The Kier molecular flexibility index (Phi) is 7.95. The van der Waals surface area contributed by atoms with Gasteiger partial charge in [0.1, 0.15) is 11.6 Å². The molecule has 0 bridgehead atoms. The summed E-state index contributed by atoms with van der Waals surface area (Å²) in [7, 11) is 0. The van der Waals surface area contributed by atoms with Gasteiger partial charge in [0.2, 0.25) is 5.91 Å². The summed E-state index contributed by atoms with van der Waals surface area (Å²) < 4.78 is 28.8. The lowest BCUT2D eigenvalue weighted by molar-refractivity contribution is -0.130. The normalized spacial score (nSPS) is 28.9. The molecule has 0 N–H and O–H groups in total. The van der Waals surface area contributed by atoms with Gasteiger partial charge in [0.25, 0.3) is 0 Å². The number of azo groups is 1. The number of nitrogens with zero attached hydrogens (tertiary/aromatic N) is 3. The maximum absolute atomic E-state index is 14.4. The van der Waals surface area contributed by atoms with Crippen LogP contribution in [0.15, 0.2) is 34.5 Å². The van der Waals surface area contributed by atoms with Crippen molar-refractivity contribution in [2.45, 2.75) is 53.4 Å². The second-order valence-corrected chi connectivity index (χ2v) is 9.29. The van der Waals surface area contributed by atoms with Crippen LogP contribution < -0.4 is 0 Å². The number of carbonyl (C=O) groups is 1. The van der Waals surface area contributed by atoms with Crippen molar-refractivity contribution < 1.29 is 13.6 Å². The summed E-state index contributed by atoms with van der Waals surface area (Å²) in [6, 6.07) is 3.86. The maximum atomic E-state index is 14.4. The molecule has 5 atom stereocenters. The number of carbonyl (C=O) groups excluding carboxylic acids is 1. The van der Waals surface area contributed by atoms with Gasteiger partial charge >= 0.3 is 0 Å². The first-order valence-electron chi connectivity index (χ1n) is 11.6. The highest BCUT2D eigenvalue weighted by Crippen LogP contribution is 2.50. The Morgan fingerprint density at radius 2 is 1.90 bits per heavy atom. The third-order valence-electron chi connectivity index (χ3n) is 7.20. The molecule has 0 spiro atoms. The van der Waals surface area contributed by atoms with E-state index in [0.717, 1.165) is 32.4 Å². The topological polar surface area (TPSA) is 45.0 Å². The molecular weight excluding hydrogens is 396 g/mol. The van der Waals surface area contributed by atoms with Crippen LogP contribution in [-0.4, -0.2) is 30.4 Å². The number of hydrogen-bond donors (Lipinski definition) is 0. The molecule has 1 aliphatic carbocycles. The molecule has 1 aliphatic heterocycles. The largest absolute Gasteiger partial charge is 0.342 e. The predicted molar refractivity (Wildman–Crippen MR) is 119 cm³/mol. The van der Waals surface area contributed by atoms with E-state index in [0.29, 0.717) is 36.6 Å². The molecule has 31 heavy (non-hydrogen) atoms. The van der Waals surface area contributed by atoms with Gasteiger partial charge in [-0.15, -0.1) is 0 Å². The Morgan fingerprint density at radius 1 is 1.19 bits per heavy atom.